The summed E-state index contributed by atoms with van der Waals surface area (Å²) in [6.07, 6.45) is -1.83. The van der Waals surface area contributed by atoms with Gasteiger partial charge in [0.1, 0.15) is 0 Å². The monoisotopic (exact) mass is 172 g/mol. The number of hydrogen-bond acceptors (Lipinski definition) is 2. The first-order valence-electron chi connectivity index (χ1n) is 2.18. The molecule has 0 unspecified atom stereocenters. The molecule has 6 heteroatoms. The number of hydrogen-bond donors (Lipinski definition) is 3. The topological polar surface area (TPSA) is 94.8 Å². The summed E-state index contributed by atoms with van der Waals surface area (Å²) in [5.41, 5.74) is 0.176. The van der Waals surface area contributed by atoms with Crippen molar-refractivity contribution in [3.05, 3.63) is 12.2 Å². The van der Waals surface area contributed by atoms with E-state index in [1.165, 1.54) is 6.92 Å². The third-order valence-corrected chi connectivity index (χ3v) is 0.365. The summed E-state index contributed by atoms with van der Waals surface area (Å²) in [5.74, 6) is -0.935. The van der Waals surface area contributed by atoms with Crippen molar-refractivity contribution in [2.24, 2.45) is 0 Å². The van der Waals surface area contributed by atoms with E-state index in [9.17, 15) is 4.79 Å². The van der Waals surface area contributed by atoms with Crippen LogP contribution in [-0.2, 0) is 4.79 Å². The molecule has 0 spiro atoms. The first-order valence-corrected chi connectivity index (χ1v) is 2.18. The molecule has 0 saturated carbocycles. The molecule has 60 valence electrons. The van der Waals surface area contributed by atoms with Crippen LogP contribution in [0.2, 0.25) is 0 Å². The van der Waals surface area contributed by atoms with Crippen LogP contribution in [0.15, 0.2) is 12.2 Å². The molecule has 0 aliphatic heterocycles. The van der Waals surface area contributed by atoms with Gasteiger partial charge in [0.05, 0.1) is 0 Å². The van der Waals surface area contributed by atoms with Gasteiger partial charge in [-0.15, -0.1) is 0 Å². The van der Waals surface area contributed by atoms with E-state index in [4.69, 9.17) is 20.1 Å². The summed E-state index contributed by atoms with van der Waals surface area (Å²) in [7, 11) is 0. The van der Waals surface area contributed by atoms with Crippen molar-refractivity contribution in [1.82, 2.24) is 0 Å². The molecular weight excluding hydrogens is 163 g/mol. The third kappa shape index (κ3) is 43.8. The standard InChI is InChI=1S/C4H6O2.CH2O3.Na.H/c1-3(2)4(5)6;2-1(3)4;;/h1H2,2H3,(H,5,6);(H2,2,3,4);;. The third-order valence-electron chi connectivity index (χ3n) is 0.365. The van der Waals surface area contributed by atoms with Gasteiger partial charge in [-0.05, 0) is 6.92 Å². The Morgan fingerprint density at radius 1 is 1.18 bits per heavy atom. The van der Waals surface area contributed by atoms with Gasteiger partial charge in [0.2, 0.25) is 0 Å². The van der Waals surface area contributed by atoms with Crippen LogP contribution in [-0.4, -0.2) is 57.0 Å². The fourth-order valence-corrected chi connectivity index (χ4v) is 0. The average molecular weight is 172 g/mol. The van der Waals surface area contributed by atoms with Crippen molar-refractivity contribution in [2.45, 2.75) is 6.92 Å². The van der Waals surface area contributed by atoms with Crippen LogP contribution in [0.4, 0.5) is 4.79 Å². The number of rotatable bonds is 1. The Morgan fingerprint density at radius 3 is 1.27 bits per heavy atom. The van der Waals surface area contributed by atoms with Gasteiger partial charge in [0.15, 0.2) is 0 Å². The van der Waals surface area contributed by atoms with Gasteiger partial charge in [0, 0.05) is 5.57 Å². The van der Waals surface area contributed by atoms with Gasteiger partial charge in [-0.1, -0.05) is 6.58 Å². The van der Waals surface area contributed by atoms with Crippen molar-refractivity contribution in [3.8, 4) is 0 Å². The Labute approximate surface area is 85.6 Å². The van der Waals surface area contributed by atoms with Crippen molar-refractivity contribution >= 4 is 41.7 Å². The zero-order valence-electron chi connectivity index (χ0n) is 5.37. The maximum absolute atomic E-state index is 9.60. The van der Waals surface area contributed by atoms with E-state index in [2.05, 4.69) is 6.58 Å². The molecule has 0 aromatic rings. The number of carbonyl (C=O) groups is 2. The van der Waals surface area contributed by atoms with E-state index < -0.39 is 12.1 Å². The normalized spacial score (nSPS) is 6.27. The van der Waals surface area contributed by atoms with Crippen molar-refractivity contribution < 1.29 is 24.9 Å². The van der Waals surface area contributed by atoms with Gasteiger partial charge < -0.3 is 15.3 Å². The Balaban J connectivity index is -0.000000114. The molecule has 11 heavy (non-hydrogen) atoms. The summed E-state index contributed by atoms with van der Waals surface area (Å²) < 4.78 is 0. The predicted octanol–water partition coefficient (Wildman–Crippen LogP) is 0.221. The van der Waals surface area contributed by atoms with Crippen LogP contribution < -0.4 is 0 Å². The second kappa shape index (κ2) is 9.48. The van der Waals surface area contributed by atoms with Crippen LogP contribution in [0.5, 0.6) is 0 Å². The summed E-state index contributed by atoms with van der Waals surface area (Å²) in [5, 5.41) is 21.8. The quantitative estimate of drug-likeness (QED) is 0.388. The van der Waals surface area contributed by atoms with E-state index >= 15 is 0 Å². The molecule has 5 nitrogen and oxygen atoms in total. The minimum absolute atomic E-state index is 0. The van der Waals surface area contributed by atoms with Crippen molar-refractivity contribution in [1.29, 1.82) is 0 Å². The van der Waals surface area contributed by atoms with Crippen LogP contribution in [0.1, 0.15) is 6.92 Å². The Bertz CT molecular complexity index is 137. The fourth-order valence-electron chi connectivity index (χ4n) is 0. The summed E-state index contributed by atoms with van der Waals surface area (Å²) in [6, 6.07) is 0. The zero-order chi connectivity index (χ0) is 8.73. The minimum atomic E-state index is -1.83. The summed E-state index contributed by atoms with van der Waals surface area (Å²) in [4.78, 5) is 18.2. The molecule has 0 atom stereocenters. The number of carboxylic acid groups (broad SMARTS) is 3. The average Bonchev–Trinajstić information content (AvgIpc) is 1.63. The van der Waals surface area contributed by atoms with Crippen LogP contribution >= 0.6 is 0 Å². The maximum atomic E-state index is 9.60. The van der Waals surface area contributed by atoms with Crippen molar-refractivity contribution in [3.63, 3.8) is 0 Å². The van der Waals surface area contributed by atoms with Gasteiger partial charge in [-0.3, -0.25) is 0 Å². The van der Waals surface area contributed by atoms with Gasteiger partial charge in [-0.2, -0.15) is 0 Å². The van der Waals surface area contributed by atoms with E-state index in [0.29, 0.717) is 0 Å². The molecule has 0 aromatic carbocycles. The van der Waals surface area contributed by atoms with E-state index in [1.54, 1.807) is 0 Å². The Morgan fingerprint density at radius 2 is 1.27 bits per heavy atom. The van der Waals surface area contributed by atoms with Crippen molar-refractivity contribution in [2.75, 3.05) is 0 Å². The molecule has 0 bridgehead atoms. The fraction of sp³-hybridized carbons (Fsp3) is 0.200. The molecule has 0 fully saturated rings. The molecule has 0 aromatic heterocycles. The second-order valence-electron chi connectivity index (χ2n) is 1.37. The molecule has 0 heterocycles. The molecule has 0 rings (SSSR count). The zero-order valence-corrected chi connectivity index (χ0v) is 5.37. The van der Waals surface area contributed by atoms with Crippen LogP contribution in [0.25, 0.3) is 0 Å². The molecule has 0 radical (unpaired) electrons. The molecule has 3 N–H and O–H groups in total. The van der Waals surface area contributed by atoms with E-state index in [-0.39, 0.29) is 35.1 Å². The summed E-state index contributed by atoms with van der Waals surface area (Å²) in [6.45, 7) is 4.60. The first kappa shape index (κ1) is 16.8. The first-order chi connectivity index (χ1) is 4.37. The van der Waals surface area contributed by atoms with Gasteiger partial charge in [-0.25, -0.2) is 9.59 Å². The van der Waals surface area contributed by atoms with Gasteiger partial charge in [0.25, 0.3) is 0 Å². The number of carboxylic acids is 1. The SMILES string of the molecule is C=C(C)C(=O)O.O=C(O)O.[NaH]. The summed E-state index contributed by atoms with van der Waals surface area (Å²) >= 11 is 0. The molecule has 0 amide bonds. The Hall–Kier alpha value is -0.520. The molecule has 0 saturated heterocycles. The van der Waals surface area contributed by atoms with Crippen LogP contribution in [0.3, 0.4) is 0 Å². The van der Waals surface area contributed by atoms with Crippen LogP contribution in [0, 0.1) is 0 Å². The molecular formula is C5H9NaO5. The van der Waals surface area contributed by atoms with E-state index in [1.807, 2.05) is 0 Å². The molecule has 0 aliphatic rings. The predicted molar refractivity (Wildman–Crippen MR) is 40.3 cm³/mol. The van der Waals surface area contributed by atoms with Gasteiger partial charge >= 0.3 is 41.7 Å². The van der Waals surface area contributed by atoms with E-state index in [0.717, 1.165) is 0 Å². The second-order valence-corrected chi connectivity index (χ2v) is 1.37. The Kier molecular flexibility index (Phi) is 14.5. The molecule has 0 aliphatic carbocycles. The number of aliphatic carboxylic acids is 1.